The number of amides is 2. The number of hydrogen-bond donors (Lipinski definition) is 2. The molecule has 4 aromatic rings. The number of aromatic amines is 2. The maximum Gasteiger partial charge on any atom is 0.411 e. The minimum atomic E-state index is -0.570. The number of carbonyl (C=O) groups excluding carboxylic acids is 2. The first-order valence-corrected chi connectivity index (χ1v) is 16.2. The normalized spacial score (nSPS) is 18.4. The largest absolute Gasteiger partial charge is 0.444 e. The van der Waals surface area contributed by atoms with Crippen LogP contribution in [0.5, 0.6) is 0 Å². The van der Waals surface area contributed by atoms with Crippen LogP contribution >= 0.6 is 0 Å². The van der Waals surface area contributed by atoms with Gasteiger partial charge in [-0.05, 0) is 83.6 Å². The van der Waals surface area contributed by atoms with Crippen LogP contribution in [-0.4, -0.2) is 66.2 Å². The summed E-state index contributed by atoms with van der Waals surface area (Å²) in [6, 6.07) is 16.3. The van der Waals surface area contributed by atoms with E-state index in [2.05, 4.69) is 74.5 Å². The van der Waals surface area contributed by atoms with Crippen molar-refractivity contribution in [3.8, 4) is 33.6 Å². The molecule has 2 N–H and O–H groups in total. The number of nitrogens with one attached hydrogen (secondary N) is 2. The number of rotatable bonds is 5. The third-order valence-corrected chi connectivity index (χ3v) is 8.22. The van der Waals surface area contributed by atoms with Gasteiger partial charge in [0.25, 0.3) is 0 Å². The third-order valence-electron chi connectivity index (χ3n) is 8.22. The molecule has 47 heavy (non-hydrogen) atoms. The Hall–Kier alpha value is -4.86. The van der Waals surface area contributed by atoms with E-state index in [-0.39, 0.29) is 24.3 Å². The van der Waals surface area contributed by atoms with E-state index < -0.39 is 11.2 Å². The van der Waals surface area contributed by atoms with Crippen LogP contribution in [0.25, 0.3) is 33.6 Å². The average molecular weight is 637 g/mol. The van der Waals surface area contributed by atoms with E-state index in [1.165, 1.54) is 0 Å². The van der Waals surface area contributed by atoms with Gasteiger partial charge in [0.15, 0.2) is 0 Å². The fourth-order valence-corrected chi connectivity index (χ4v) is 6.07. The maximum absolute atomic E-state index is 12.9. The molecule has 0 saturated carbocycles. The molecule has 2 aromatic carbocycles. The lowest BCUT2D eigenvalue weighted by atomic mass is 10.0. The van der Waals surface area contributed by atoms with Crippen molar-refractivity contribution in [2.75, 3.05) is 13.1 Å². The Morgan fingerprint density at radius 3 is 1.72 bits per heavy atom. The van der Waals surface area contributed by atoms with Crippen LogP contribution in [0.1, 0.15) is 85.0 Å². The summed E-state index contributed by atoms with van der Waals surface area (Å²) >= 11 is 0. The molecule has 0 spiro atoms. The van der Waals surface area contributed by atoms with Crippen molar-refractivity contribution < 1.29 is 19.1 Å². The molecule has 6 rings (SSSR count). The van der Waals surface area contributed by atoms with Gasteiger partial charge < -0.3 is 19.4 Å². The lowest BCUT2D eigenvalue weighted by Crippen LogP contribution is -2.37. The molecule has 246 valence electrons. The topological polar surface area (TPSA) is 116 Å². The Morgan fingerprint density at radius 2 is 1.19 bits per heavy atom. The number of imidazole rings is 2. The summed E-state index contributed by atoms with van der Waals surface area (Å²) in [5.41, 5.74) is 5.99. The standard InChI is InChI=1S/C37H44N6O4/c1-23-19-31(43(22-23)35(45)47-37(5,6)7)33-39-21-29(41-33)27-16-12-25(13-17-27)24-10-14-26(15-11-24)28-20-38-32(40-28)30-9-8-18-42(30)34(44)46-36(2,3)4/h10-17,19-21,30-31H,8-9,18,22H2,1-7H3,(H,38,40)(H,39,41)/t30-,31?/m0/s1. The molecule has 1 fully saturated rings. The van der Waals surface area contributed by atoms with Crippen LogP contribution in [0.2, 0.25) is 0 Å². The van der Waals surface area contributed by atoms with Gasteiger partial charge in [-0.15, -0.1) is 0 Å². The van der Waals surface area contributed by atoms with Crippen LogP contribution in [0.3, 0.4) is 0 Å². The minimum absolute atomic E-state index is 0.120. The van der Waals surface area contributed by atoms with E-state index in [0.717, 1.165) is 57.9 Å². The molecule has 0 radical (unpaired) electrons. The number of hydrogen-bond acceptors (Lipinski definition) is 6. The van der Waals surface area contributed by atoms with Crippen molar-refractivity contribution in [1.29, 1.82) is 0 Å². The van der Waals surface area contributed by atoms with E-state index in [0.29, 0.717) is 18.9 Å². The van der Waals surface area contributed by atoms with Gasteiger partial charge in [0.05, 0.1) is 29.8 Å². The third kappa shape index (κ3) is 7.26. The predicted molar refractivity (Wildman–Crippen MR) is 181 cm³/mol. The van der Waals surface area contributed by atoms with Gasteiger partial charge >= 0.3 is 12.2 Å². The van der Waals surface area contributed by atoms with E-state index in [1.807, 2.05) is 60.9 Å². The van der Waals surface area contributed by atoms with Crippen molar-refractivity contribution in [3.05, 3.63) is 84.2 Å². The van der Waals surface area contributed by atoms with E-state index in [4.69, 9.17) is 9.47 Å². The Morgan fingerprint density at radius 1 is 0.723 bits per heavy atom. The zero-order chi connectivity index (χ0) is 33.5. The summed E-state index contributed by atoms with van der Waals surface area (Å²) in [5, 5.41) is 0. The maximum atomic E-state index is 12.9. The zero-order valence-electron chi connectivity index (χ0n) is 28.3. The van der Waals surface area contributed by atoms with Crippen LogP contribution in [-0.2, 0) is 9.47 Å². The molecule has 2 amide bonds. The SMILES string of the molecule is CC1=CC(c2ncc(-c3ccc(-c4ccc(-c5cnc([C@@H]6CCCN6C(=O)OC(C)(C)C)[nH]5)cc4)cc3)[nH]2)N(C(=O)OC(C)(C)C)C1. The van der Waals surface area contributed by atoms with Gasteiger partial charge in [0, 0.05) is 13.1 Å². The zero-order valence-corrected chi connectivity index (χ0v) is 28.3. The molecule has 2 aliphatic rings. The van der Waals surface area contributed by atoms with Crippen molar-refractivity contribution in [2.45, 2.75) is 84.6 Å². The monoisotopic (exact) mass is 636 g/mol. The molecular weight excluding hydrogens is 592 g/mol. The minimum Gasteiger partial charge on any atom is -0.444 e. The molecule has 10 heteroatoms. The molecule has 0 bridgehead atoms. The highest BCUT2D eigenvalue weighted by Gasteiger charge is 2.35. The van der Waals surface area contributed by atoms with Crippen molar-refractivity contribution in [2.24, 2.45) is 0 Å². The number of nitrogens with zero attached hydrogens (tertiary/aromatic N) is 4. The summed E-state index contributed by atoms with van der Waals surface area (Å²) in [6.45, 7) is 14.4. The van der Waals surface area contributed by atoms with Crippen molar-refractivity contribution in [1.82, 2.24) is 29.7 Å². The summed E-state index contributed by atoms with van der Waals surface area (Å²) in [7, 11) is 0. The second-order valence-corrected chi connectivity index (χ2v) is 14.4. The molecule has 4 heterocycles. The summed E-state index contributed by atoms with van der Waals surface area (Å²) in [6.07, 6.45) is 6.81. The van der Waals surface area contributed by atoms with Gasteiger partial charge in [-0.3, -0.25) is 9.80 Å². The summed E-state index contributed by atoms with van der Waals surface area (Å²) < 4.78 is 11.3. The number of carbonyl (C=O) groups is 2. The van der Waals surface area contributed by atoms with Crippen LogP contribution in [0.4, 0.5) is 9.59 Å². The lowest BCUT2D eigenvalue weighted by Gasteiger charge is -2.27. The fourth-order valence-electron chi connectivity index (χ4n) is 6.07. The number of likely N-dealkylation sites (tertiary alicyclic amines) is 1. The van der Waals surface area contributed by atoms with E-state index in [9.17, 15) is 9.59 Å². The number of ether oxygens (including phenoxy) is 2. The van der Waals surface area contributed by atoms with Crippen LogP contribution in [0, 0.1) is 0 Å². The predicted octanol–water partition coefficient (Wildman–Crippen LogP) is 8.44. The van der Waals surface area contributed by atoms with E-state index in [1.54, 1.807) is 9.80 Å². The van der Waals surface area contributed by atoms with Gasteiger partial charge in [-0.1, -0.05) is 60.2 Å². The first kappa shape index (κ1) is 32.1. The molecule has 2 aromatic heterocycles. The highest BCUT2D eigenvalue weighted by atomic mass is 16.6. The summed E-state index contributed by atoms with van der Waals surface area (Å²) in [5.74, 6) is 1.48. The van der Waals surface area contributed by atoms with Crippen molar-refractivity contribution >= 4 is 12.2 Å². The van der Waals surface area contributed by atoms with Gasteiger partial charge in [-0.25, -0.2) is 19.6 Å². The van der Waals surface area contributed by atoms with Crippen molar-refractivity contribution in [3.63, 3.8) is 0 Å². The second kappa shape index (κ2) is 12.4. The number of benzene rings is 2. The number of H-pyrrole nitrogens is 2. The van der Waals surface area contributed by atoms with Crippen LogP contribution < -0.4 is 0 Å². The van der Waals surface area contributed by atoms with E-state index >= 15 is 0 Å². The first-order valence-electron chi connectivity index (χ1n) is 16.2. The number of aromatic nitrogens is 4. The Labute approximate surface area is 276 Å². The molecule has 2 atom stereocenters. The molecular formula is C37H44N6O4. The first-order chi connectivity index (χ1) is 22.2. The highest BCUT2D eigenvalue weighted by Crippen LogP contribution is 2.34. The van der Waals surface area contributed by atoms with Gasteiger partial charge in [0.2, 0.25) is 0 Å². The molecule has 1 saturated heterocycles. The second-order valence-electron chi connectivity index (χ2n) is 14.4. The molecule has 0 aliphatic carbocycles. The van der Waals surface area contributed by atoms with Gasteiger partial charge in [-0.2, -0.15) is 0 Å². The molecule has 10 nitrogen and oxygen atoms in total. The Kier molecular flexibility index (Phi) is 8.46. The highest BCUT2D eigenvalue weighted by molar-refractivity contribution is 5.73. The lowest BCUT2D eigenvalue weighted by molar-refractivity contribution is 0.0213. The molecule has 2 aliphatic heterocycles. The average Bonchev–Trinajstić information content (AvgIpc) is 3.81. The smallest absolute Gasteiger partial charge is 0.411 e. The Bertz CT molecular complexity index is 1770. The Balaban J connectivity index is 1.12. The summed E-state index contributed by atoms with van der Waals surface area (Å²) in [4.78, 5) is 45.3. The van der Waals surface area contributed by atoms with Gasteiger partial charge in [0.1, 0.15) is 28.9 Å². The van der Waals surface area contributed by atoms with Crippen LogP contribution in [0.15, 0.2) is 72.6 Å². The quantitative estimate of drug-likeness (QED) is 0.212. The molecule has 1 unspecified atom stereocenters. The fraction of sp³-hybridized carbons (Fsp3) is 0.405.